The number of hydrogen-bond donors (Lipinski definition) is 2. The number of nitrogens with zero attached hydrogens (tertiary/aromatic N) is 2. The molecule has 2 aromatic rings. The predicted molar refractivity (Wildman–Crippen MR) is 86.1 cm³/mol. The normalized spacial score (nSPS) is 10.3. The summed E-state index contributed by atoms with van der Waals surface area (Å²) in [5.41, 5.74) is 7.19. The van der Waals surface area contributed by atoms with E-state index in [0.717, 1.165) is 15.9 Å². The van der Waals surface area contributed by atoms with Gasteiger partial charge in [-0.3, -0.25) is 25.1 Å². The number of carbonyl (C=O) groups is 2. The van der Waals surface area contributed by atoms with Crippen molar-refractivity contribution < 1.29 is 9.59 Å². The Morgan fingerprint density at radius 2 is 1.86 bits per heavy atom. The van der Waals surface area contributed by atoms with Crippen LogP contribution < -0.4 is 10.9 Å². The molecule has 116 valence electrons. The van der Waals surface area contributed by atoms with E-state index in [1.54, 1.807) is 28.9 Å². The summed E-state index contributed by atoms with van der Waals surface area (Å²) in [6.45, 7) is 4.31. The molecule has 1 aromatic heterocycles. The van der Waals surface area contributed by atoms with E-state index in [4.69, 9.17) is 0 Å². The first kappa shape index (κ1) is 16.2. The number of amides is 2. The van der Waals surface area contributed by atoms with Crippen LogP contribution in [-0.4, -0.2) is 21.6 Å². The van der Waals surface area contributed by atoms with Gasteiger partial charge in [-0.25, -0.2) is 0 Å². The molecule has 0 aliphatic carbocycles. The molecule has 0 fully saturated rings. The van der Waals surface area contributed by atoms with Crippen LogP contribution in [0.3, 0.4) is 0 Å². The van der Waals surface area contributed by atoms with Gasteiger partial charge in [-0.2, -0.15) is 5.10 Å². The molecule has 6 nitrogen and oxygen atoms in total. The van der Waals surface area contributed by atoms with E-state index in [0.29, 0.717) is 12.1 Å². The minimum absolute atomic E-state index is 0.239. The fraction of sp³-hybridized carbons (Fsp3) is 0.267. The molecule has 22 heavy (non-hydrogen) atoms. The summed E-state index contributed by atoms with van der Waals surface area (Å²) in [5, 5.41) is 4.28. The van der Waals surface area contributed by atoms with E-state index in [9.17, 15) is 9.59 Å². The average Bonchev–Trinajstić information content (AvgIpc) is 2.81. The smallest absolute Gasteiger partial charge is 0.269 e. The van der Waals surface area contributed by atoms with Crippen LogP contribution in [0.15, 0.2) is 34.8 Å². The van der Waals surface area contributed by atoms with E-state index in [1.165, 1.54) is 0 Å². The van der Waals surface area contributed by atoms with Crippen LogP contribution in [0, 0.1) is 13.8 Å². The van der Waals surface area contributed by atoms with Crippen LogP contribution in [0.1, 0.15) is 28.2 Å². The second-order valence-electron chi connectivity index (χ2n) is 4.91. The number of nitrogens with one attached hydrogen (secondary N) is 2. The van der Waals surface area contributed by atoms with Crippen molar-refractivity contribution in [3.63, 3.8) is 0 Å². The molecule has 2 amide bonds. The maximum absolute atomic E-state index is 11.8. The summed E-state index contributed by atoms with van der Waals surface area (Å²) in [5.74, 6) is -0.620. The highest BCUT2D eigenvalue weighted by Gasteiger charge is 2.08. The molecule has 1 aromatic carbocycles. The van der Waals surface area contributed by atoms with Crippen LogP contribution in [-0.2, 0) is 11.3 Å². The van der Waals surface area contributed by atoms with Crippen LogP contribution in [0.25, 0.3) is 0 Å². The van der Waals surface area contributed by atoms with Crippen molar-refractivity contribution in [1.29, 1.82) is 0 Å². The lowest BCUT2D eigenvalue weighted by atomic mass is 10.2. The van der Waals surface area contributed by atoms with Gasteiger partial charge < -0.3 is 0 Å². The van der Waals surface area contributed by atoms with Crippen molar-refractivity contribution in [2.45, 2.75) is 26.8 Å². The van der Waals surface area contributed by atoms with Gasteiger partial charge in [0.25, 0.3) is 5.91 Å². The average molecular weight is 365 g/mol. The van der Waals surface area contributed by atoms with Crippen molar-refractivity contribution >= 4 is 27.7 Å². The maximum Gasteiger partial charge on any atom is 0.269 e. The van der Waals surface area contributed by atoms with Gasteiger partial charge in [0.2, 0.25) is 5.91 Å². The number of carbonyl (C=O) groups excluding carboxylic acids is 2. The fourth-order valence-corrected chi connectivity index (χ4v) is 2.24. The molecule has 0 bridgehead atoms. The van der Waals surface area contributed by atoms with Crippen LogP contribution in [0.4, 0.5) is 0 Å². The zero-order valence-electron chi connectivity index (χ0n) is 12.4. The molecule has 0 saturated carbocycles. The Kier molecular flexibility index (Phi) is 5.32. The van der Waals surface area contributed by atoms with Crippen LogP contribution in [0.5, 0.6) is 0 Å². The van der Waals surface area contributed by atoms with Crippen molar-refractivity contribution in [1.82, 2.24) is 20.6 Å². The van der Waals surface area contributed by atoms with Crippen molar-refractivity contribution in [2.24, 2.45) is 0 Å². The lowest BCUT2D eigenvalue weighted by Crippen LogP contribution is -2.41. The molecular formula is C15H17BrN4O2. The molecule has 0 atom stereocenters. The second-order valence-corrected chi connectivity index (χ2v) is 5.83. The van der Waals surface area contributed by atoms with Crippen molar-refractivity contribution in [3.8, 4) is 0 Å². The van der Waals surface area contributed by atoms with E-state index < -0.39 is 0 Å². The van der Waals surface area contributed by atoms with Gasteiger partial charge in [0.05, 0.1) is 12.2 Å². The van der Waals surface area contributed by atoms with Gasteiger partial charge in [0, 0.05) is 22.2 Å². The Hall–Kier alpha value is -2.15. The first-order chi connectivity index (χ1) is 10.5. The third-order valence-corrected chi connectivity index (χ3v) is 3.60. The summed E-state index contributed by atoms with van der Waals surface area (Å²) >= 11 is 3.30. The number of aryl methyl sites for hydroxylation is 3. The standard InChI is InChI=1S/C15H17BrN4O2/c1-10-9-11(2)20(19-10)8-7-14(21)17-18-15(22)12-3-5-13(16)6-4-12/h3-6,9H,7-8H2,1-2H3,(H,17,21)(H,18,22). The number of aromatic nitrogens is 2. The molecule has 7 heteroatoms. The number of hydrogen-bond acceptors (Lipinski definition) is 3. The molecular weight excluding hydrogens is 348 g/mol. The molecule has 0 aliphatic heterocycles. The highest BCUT2D eigenvalue weighted by atomic mass is 79.9. The minimum Gasteiger partial charge on any atom is -0.273 e. The maximum atomic E-state index is 11.8. The van der Waals surface area contributed by atoms with Gasteiger partial charge in [0.15, 0.2) is 0 Å². The summed E-state index contributed by atoms with van der Waals surface area (Å²) in [7, 11) is 0. The molecule has 0 radical (unpaired) electrons. The van der Waals surface area contributed by atoms with E-state index in [-0.39, 0.29) is 18.2 Å². The van der Waals surface area contributed by atoms with Gasteiger partial charge >= 0.3 is 0 Å². The Labute approximate surface area is 137 Å². The summed E-state index contributed by atoms with van der Waals surface area (Å²) < 4.78 is 2.66. The minimum atomic E-state index is -0.355. The van der Waals surface area contributed by atoms with E-state index >= 15 is 0 Å². The molecule has 1 heterocycles. The Bertz CT molecular complexity index is 679. The molecule has 0 saturated heterocycles. The second kappa shape index (κ2) is 7.22. The zero-order valence-corrected chi connectivity index (χ0v) is 14.0. The summed E-state index contributed by atoms with van der Waals surface area (Å²) in [6, 6.07) is 8.81. The highest BCUT2D eigenvalue weighted by Crippen LogP contribution is 2.10. The van der Waals surface area contributed by atoms with Gasteiger partial charge in [-0.05, 0) is 44.2 Å². The fourth-order valence-electron chi connectivity index (χ4n) is 1.97. The van der Waals surface area contributed by atoms with Crippen LogP contribution >= 0.6 is 15.9 Å². The quantitative estimate of drug-likeness (QED) is 0.815. The zero-order chi connectivity index (χ0) is 16.1. The van der Waals surface area contributed by atoms with Gasteiger partial charge in [-0.1, -0.05) is 15.9 Å². The molecule has 0 aliphatic rings. The number of hydrazine groups is 1. The largest absolute Gasteiger partial charge is 0.273 e. The SMILES string of the molecule is Cc1cc(C)n(CCC(=O)NNC(=O)c2ccc(Br)cc2)n1. The highest BCUT2D eigenvalue weighted by molar-refractivity contribution is 9.10. The monoisotopic (exact) mass is 364 g/mol. The molecule has 2 rings (SSSR count). The Morgan fingerprint density at radius 3 is 2.45 bits per heavy atom. The Balaban J connectivity index is 1.79. The predicted octanol–water partition coefficient (Wildman–Crippen LogP) is 2.11. The topological polar surface area (TPSA) is 76.0 Å². The number of rotatable bonds is 4. The van der Waals surface area contributed by atoms with Gasteiger partial charge in [-0.15, -0.1) is 0 Å². The lowest BCUT2D eigenvalue weighted by Gasteiger charge is -2.08. The summed E-state index contributed by atoms with van der Waals surface area (Å²) in [6.07, 6.45) is 0.239. The first-order valence-corrected chi connectivity index (χ1v) is 7.61. The Morgan fingerprint density at radius 1 is 1.18 bits per heavy atom. The van der Waals surface area contributed by atoms with Gasteiger partial charge in [0.1, 0.15) is 0 Å². The van der Waals surface area contributed by atoms with Crippen molar-refractivity contribution in [2.75, 3.05) is 0 Å². The molecule has 2 N–H and O–H groups in total. The first-order valence-electron chi connectivity index (χ1n) is 6.81. The van der Waals surface area contributed by atoms with Crippen LogP contribution in [0.2, 0.25) is 0 Å². The van der Waals surface area contributed by atoms with Crippen molar-refractivity contribution in [3.05, 3.63) is 51.8 Å². The lowest BCUT2D eigenvalue weighted by molar-refractivity contribution is -0.122. The number of benzene rings is 1. The third kappa shape index (κ3) is 4.42. The third-order valence-electron chi connectivity index (χ3n) is 3.08. The molecule has 0 unspecified atom stereocenters. The van der Waals surface area contributed by atoms with E-state index in [2.05, 4.69) is 31.9 Å². The number of halogens is 1. The molecule has 0 spiro atoms. The van der Waals surface area contributed by atoms with E-state index in [1.807, 2.05) is 19.9 Å². The summed E-state index contributed by atoms with van der Waals surface area (Å²) in [4.78, 5) is 23.6.